The van der Waals surface area contributed by atoms with Crippen molar-refractivity contribution in [3.63, 3.8) is 0 Å². The van der Waals surface area contributed by atoms with Gasteiger partial charge in [0.25, 0.3) is 5.91 Å². The lowest BCUT2D eigenvalue weighted by Gasteiger charge is -2.64. The zero-order valence-electron chi connectivity index (χ0n) is 27.5. The zero-order valence-corrected chi connectivity index (χ0v) is 27.5. The van der Waals surface area contributed by atoms with Gasteiger partial charge in [0.2, 0.25) is 0 Å². The van der Waals surface area contributed by atoms with Crippen LogP contribution in [0.4, 0.5) is 13.2 Å². The first-order valence-corrected chi connectivity index (χ1v) is 16.8. The zero-order chi connectivity index (χ0) is 33.8. The van der Waals surface area contributed by atoms with Gasteiger partial charge in [-0.3, -0.25) is 9.69 Å². The van der Waals surface area contributed by atoms with Gasteiger partial charge in [0, 0.05) is 36.2 Å². The summed E-state index contributed by atoms with van der Waals surface area (Å²) in [4.78, 5) is 18.2. The third-order valence-corrected chi connectivity index (χ3v) is 11.0. The molecule has 0 aromatic heterocycles. The van der Waals surface area contributed by atoms with Gasteiger partial charge in [-0.25, -0.2) is 0 Å². The van der Waals surface area contributed by atoms with Crippen LogP contribution in [0.5, 0.6) is 11.5 Å². The van der Waals surface area contributed by atoms with Crippen molar-refractivity contribution in [2.75, 3.05) is 26.7 Å². The number of alkyl halides is 3. The summed E-state index contributed by atoms with van der Waals surface area (Å²) in [6.07, 6.45) is -1.69. The summed E-state index contributed by atoms with van der Waals surface area (Å²) in [5, 5.41) is 13.0. The first kappa shape index (κ1) is 32.5. The Kier molecular flexibility index (Phi) is 8.24. The molecule has 9 heteroatoms. The highest BCUT2D eigenvalue weighted by Gasteiger charge is 2.73. The van der Waals surface area contributed by atoms with Crippen molar-refractivity contribution < 1.29 is 32.5 Å². The monoisotopic (exact) mass is 658 g/mol. The number of carbonyl (C=O) groups excluding carboxylic acids is 1. The Balaban J connectivity index is 1.24. The van der Waals surface area contributed by atoms with Gasteiger partial charge >= 0.3 is 6.18 Å². The molecule has 2 aliphatic carbocycles. The Bertz CT molecular complexity index is 1750. The largest absolute Gasteiger partial charge is 0.493 e. The fourth-order valence-electron chi connectivity index (χ4n) is 8.96. The van der Waals surface area contributed by atoms with Gasteiger partial charge in [-0.2, -0.15) is 13.2 Å². The van der Waals surface area contributed by atoms with E-state index in [1.807, 2.05) is 26.0 Å². The van der Waals surface area contributed by atoms with Crippen LogP contribution in [-0.2, 0) is 29.2 Å². The molecule has 2 fully saturated rings. The summed E-state index contributed by atoms with van der Waals surface area (Å²) in [5.74, 6) is 6.51. The van der Waals surface area contributed by atoms with Crippen molar-refractivity contribution >= 4 is 5.91 Å². The van der Waals surface area contributed by atoms with E-state index >= 15 is 0 Å². The van der Waals surface area contributed by atoms with Gasteiger partial charge in [-0.1, -0.05) is 56.2 Å². The van der Waals surface area contributed by atoms with E-state index in [1.54, 1.807) is 12.0 Å². The second-order valence-electron chi connectivity index (χ2n) is 14.1. The van der Waals surface area contributed by atoms with E-state index in [9.17, 15) is 23.1 Å². The molecule has 1 N–H and O–H groups in total. The molecule has 2 bridgehead atoms. The maximum Gasteiger partial charge on any atom is 0.416 e. The number of rotatable bonds is 7. The molecular formula is C39H41F3N2O4. The number of amides is 1. The van der Waals surface area contributed by atoms with Crippen molar-refractivity contribution in [1.29, 1.82) is 0 Å². The molecule has 5 atom stereocenters. The Morgan fingerprint density at radius 3 is 2.54 bits per heavy atom. The predicted molar refractivity (Wildman–Crippen MR) is 176 cm³/mol. The van der Waals surface area contributed by atoms with E-state index in [2.05, 4.69) is 47.1 Å². The Labute approximate surface area is 279 Å². The van der Waals surface area contributed by atoms with Crippen LogP contribution in [0.2, 0.25) is 0 Å². The number of hydrogen-bond donors (Lipinski definition) is 1. The average molecular weight is 659 g/mol. The van der Waals surface area contributed by atoms with Crippen LogP contribution in [0.15, 0.2) is 66.7 Å². The molecule has 4 aliphatic rings. The van der Waals surface area contributed by atoms with Gasteiger partial charge in [0.15, 0.2) is 11.5 Å². The Morgan fingerprint density at radius 2 is 1.85 bits per heavy atom. The van der Waals surface area contributed by atoms with Crippen LogP contribution in [0.3, 0.4) is 0 Å². The van der Waals surface area contributed by atoms with E-state index < -0.39 is 34.8 Å². The quantitative estimate of drug-likeness (QED) is 0.315. The molecule has 3 aromatic carbocycles. The van der Waals surface area contributed by atoms with Crippen molar-refractivity contribution in [1.82, 2.24) is 9.80 Å². The smallest absolute Gasteiger partial charge is 0.416 e. The van der Waals surface area contributed by atoms with Gasteiger partial charge in [0.05, 0.1) is 29.7 Å². The third kappa shape index (κ3) is 5.25. The van der Waals surface area contributed by atoms with E-state index in [-0.39, 0.29) is 18.0 Å². The van der Waals surface area contributed by atoms with Crippen molar-refractivity contribution in [3.05, 3.63) is 94.5 Å². The van der Waals surface area contributed by atoms with Gasteiger partial charge < -0.3 is 19.5 Å². The van der Waals surface area contributed by atoms with Crippen molar-refractivity contribution in [2.24, 2.45) is 5.92 Å². The van der Waals surface area contributed by atoms with Crippen molar-refractivity contribution in [3.8, 4) is 23.3 Å². The number of halogens is 3. The molecule has 7 rings (SSSR count). The lowest BCUT2D eigenvalue weighted by Crippen LogP contribution is -2.78. The molecule has 2 heterocycles. The minimum atomic E-state index is -4.45. The molecule has 1 saturated heterocycles. The maximum absolute atomic E-state index is 14.0. The highest BCUT2D eigenvalue weighted by molar-refractivity contribution is 5.94. The number of aliphatic hydroxyl groups is 1. The van der Waals surface area contributed by atoms with Crippen LogP contribution in [0.1, 0.15) is 60.9 Å². The van der Waals surface area contributed by atoms with Crippen LogP contribution < -0.4 is 9.47 Å². The molecular weight excluding hydrogens is 617 g/mol. The summed E-state index contributed by atoms with van der Waals surface area (Å²) < 4.78 is 52.0. The molecule has 3 aromatic rings. The lowest BCUT2D eigenvalue weighted by molar-refractivity contribution is -0.200. The number of methoxy groups -OCH3 is 1. The SMILES string of the molecule is COc1ccc2c3c1O[C@H]1[C@H](N(CC(C)C)C(=O)C#Cc4ccc(C(F)(F)F)cc4)CC[C@@]4(O)[C@@H](C2)N(CCc2ccccc2)CC[C@]314. The van der Waals surface area contributed by atoms with Gasteiger partial charge in [-0.15, -0.1) is 0 Å². The summed E-state index contributed by atoms with van der Waals surface area (Å²) in [6.45, 7) is 6.11. The summed E-state index contributed by atoms with van der Waals surface area (Å²) in [6, 6.07) is 18.5. The summed E-state index contributed by atoms with van der Waals surface area (Å²) in [5.41, 5.74) is 1.18. The number of piperidine rings is 1. The number of hydrogen-bond acceptors (Lipinski definition) is 5. The fraction of sp³-hybridized carbons (Fsp3) is 0.462. The molecule has 1 amide bonds. The van der Waals surface area contributed by atoms with E-state index in [1.165, 1.54) is 17.7 Å². The van der Waals surface area contributed by atoms with Gasteiger partial charge in [0.1, 0.15) is 6.10 Å². The number of ether oxygens (including phenoxy) is 2. The number of benzene rings is 3. The molecule has 0 unspecified atom stereocenters. The van der Waals surface area contributed by atoms with Crippen LogP contribution in [-0.4, -0.2) is 71.3 Å². The van der Waals surface area contributed by atoms with Crippen molar-refractivity contribution in [2.45, 2.75) is 81.3 Å². The normalized spacial score (nSPS) is 27.0. The molecule has 0 radical (unpaired) electrons. The fourth-order valence-corrected chi connectivity index (χ4v) is 8.96. The predicted octanol–water partition coefficient (Wildman–Crippen LogP) is 6.02. The molecule has 6 nitrogen and oxygen atoms in total. The minimum absolute atomic E-state index is 0.109. The number of carbonyl (C=O) groups is 1. The van der Waals surface area contributed by atoms with Crippen LogP contribution >= 0.6 is 0 Å². The number of likely N-dealkylation sites (tertiary alicyclic amines) is 1. The molecule has 1 saturated carbocycles. The van der Waals surface area contributed by atoms with E-state index in [4.69, 9.17) is 9.47 Å². The number of nitrogens with zero attached hydrogens (tertiary/aromatic N) is 2. The first-order valence-electron chi connectivity index (χ1n) is 16.8. The maximum atomic E-state index is 14.0. The molecule has 1 spiro atoms. The molecule has 48 heavy (non-hydrogen) atoms. The average Bonchev–Trinajstić information content (AvgIpc) is 3.42. The Hall–Kier alpha value is -4.00. The summed E-state index contributed by atoms with van der Waals surface area (Å²) in [7, 11) is 1.62. The van der Waals surface area contributed by atoms with Gasteiger partial charge in [-0.05, 0) is 86.0 Å². The minimum Gasteiger partial charge on any atom is -0.493 e. The lowest BCUT2D eigenvalue weighted by atomic mass is 9.48. The second kappa shape index (κ2) is 12.2. The first-order chi connectivity index (χ1) is 23.0. The van der Waals surface area contributed by atoms with Crippen LogP contribution in [0, 0.1) is 17.8 Å². The third-order valence-electron chi connectivity index (χ3n) is 11.0. The highest BCUT2D eigenvalue weighted by Crippen LogP contribution is 2.66. The molecule has 252 valence electrons. The topological polar surface area (TPSA) is 62.2 Å². The molecule has 2 aliphatic heterocycles. The second-order valence-corrected chi connectivity index (χ2v) is 14.1. The Morgan fingerprint density at radius 1 is 1.10 bits per heavy atom. The standard InChI is InChI=1S/C39H41F3N2O4/c1-25(2)24-44(33(45)16-11-27-9-13-29(14-10-27)39(40,41)42)30-17-19-38(46)32-23-28-12-15-31(47-3)35-34(28)37(38,36(30)48-35)20-22-43(32)21-18-26-7-5-4-6-8-26/h4-10,12-15,25,30,32,36,46H,17-24H2,1-3H3/t30-,32-,36+,37+,38-/m1/s1. The van der Waals surface area contributed by atoms with E-state index in [0.29, 0.717) is 49.3 Å². The highest BCUT2D eigenvalue weighted by atomic mass is 19.4. The summed E-state index contributed by atoms with van der Waals surface area (Å²) >= 11 is 0. The van der Waals surface area contributed by atoms with Crippen LogP contribution in [0.25, 0.3) is 0 Å². The van der Waals surface area contributed by atoms with E-state index in [0.717, 1.165) is 42.8 Å².